The summed E-state index contributed by atoms with van der Waals surface area (Å²) >= 11 is 0. The highest BCUT2D eigenvalue weighted by Gasteiger charge is 2.44. The second-order valence-electron chi connectivity index (χ2n) is 6.46. The summed E-state index contributed by atoms with van der Waals surface area (Å²) in [6, 6.07) is 0.232. The number of carbonyl (C=O) groups is 1. The van der Waals surface area contributed by atoms with Gasteiger partial charge in [-0.1, -0.05) is 27.2 Å². The molecule has 3 nitrogen and oxygen atoms in total. The third-order valence-corrected chi connectivity index (χ3v) is 4.71. The molecule has 1 aliphatic heterocycles. The number of amides is 1. The fourth-order valence-electron chi connectivity index (χ4n) is 3.33. The molecule has 3 atom stereocenters. The summed E-state index contributed by atoms with van der Waals surface area (Å²) in [4.78, 5) is 14.1. The number of nitrogens with zero attached hydrogens (tertiary/aromatic N) is 1. The monoisotopic (exact) mass is 239 g/mol. The van der Waals surface area contributed by atoms with Crippen molar-refractivity contribution < 1.29 is 9.90 Å². The van der Waals surface area contributed by atoms with Gasteiger partial charge < -0.3 is 10.0 Å². The van der Waals surface area contributed by atoms with E-state index in [1.807, 2.05) is 0 Å². The SMILES string of the molecule is CCC1CC(=O)N(C2CC(O)CCC2(C)C)C1. The smallest absolute Gasteiger partial charge is 0.223 e. The van der Waals surface area contributed by atoms with Crippen molar-refractivity contribution in [3.05, 3.63) is 0 Å². The van der Waals surface area contributed by atoms with Gasteiger partial charge in [0, 0.05) is 19.0 Å². The number of hydrogen-bond donors (Lipinski definition) is 1. The van der Waals surface area contributed by atoms with Crippen molar-refractivity contribution in [2.45, 2.75) is 65.0 Å². The molecule has 2 rings (SSSR count). The molecule has 0 spiro atoms. The molecule has 0 aromatic heterocycles. The molecular weight excluding hydrogens is 214 g/mol. The molecule has 98 valence electrons. The zero-order chi connectivity index (χ0) is 12.6. The lowest BCUT2D eigenvalue weighted by molar-refractivity contribution is -0.134. The largest absolute Gasteiger partial charge is 0.393 e. The Morgan fingerprint density at radius 3 is 2.76 bits per heavy atom. The van der Waals surface area contributed by atoms with E-state index in [0.717, 1.165) is 32.2 Å². The highest BCUT2D eigenvalue weighted by molar-refractivity contribution is 5.79. The van der Waals surface area contributed by atoms with E-state index in [2.05, 4.69) is 25.7 Å². The van der Waals surface area contributed by atoms with Crippen LogP contribution < -0.4 is 0 Å². The van der Waals surface area contributed by atoms with Gasteiger partial charge in [0.15, 0.2) is 0 Å². The van der Waals surface area contributed by atoms with Crippen LogP contribution in [0, 0.1) is 11.3 Å². The molecule has 1 heterocycles. The molecule has 3 unspecified atom stereocenters. The van der Waals surface area contributed by atoms with Gasteiger partial charge in [0.2, 0.25) is 5.91 Å². The predicted octanol–water partition coefficient (Wildman–Crippen LogP) is 2.18. The maximum atomic E-state index is 12.1. The molecule has 1 amide bonds. The van der Waals surface area contributed by atoms with Crippen molar-refractivity contribution in [2.24, 2.45) is 11.3 Å². The molecule has 1 aliphatic carbocycles. The van der Waals surface area contributed by atoms with Gasteiger partial charge >= 0.3 is 0 Å². The third kappa shape index (κ3) is 2.49. The molecule has 2 aliphatic rings. The van der Waals surface area contributed by atoms with Crippen LogP contribution in [0.15, 0.2) is 0 Å². The van der Waals surface area contributed by atoms with Crippen LogP contribution in [0.5, 0.6) is 0 Å². The number of aliphatic hydroxyl groups excluding tert-OH is 1. The average Bonchev–Trinajstić information content (AvgIpc) is 2.63. The summed E-state index contributed by atoms with van der Waals surface area (Å²) in [5, 5.41) is 9.84. The van der Waals surface area contributed by atoms with Gasteiger partial charge in [-0.3, -0.25) is 4.79 Å². The van der Waals surface area contributed by atoms with Crippen molar-refractivity contribution in [2.75, 3.05) is 6.54 Å². The zero-order valence-corrected chi connectivity index (χ0v) is 11.3. The second kappa shape index (κ2) is 4.60. The molecular formula is C14H25NO2. The van der Waals surface area contributed by atoms with Crippen LogP contribution >= 0.6 is 0 Å². The molecule has 2 fully saturated rings. The average molecular weight is 239 g/mol. The first-order valence-electron chi connectivity index (χ1n) is 6.91. The first-order chi connectivity index (χ1) is 7.94. The van der Waals surface area contributed by atoms with Gasteiger partial charge in [0.05, 0.1) is 6.10 Å². The number of aliphatic hydroxyl groups is 1. The minimum atomic E-state index is -0.221. The van der Waals surface area contributed by atoms with Gasteiger partial charge in [-0.25, -0.2) is 0 Å². The number of likely N-dealkylation sites (tertiary alicyclic amines) is 1. The van der Waals surface area contributed by atoms with Crippen molar-refractivity contribution in [1.82, 2.24) is 4.90 Å². The van der Waals surface area contributed by atoms with E-state index in [1.165, 1.54) is 0 Å². The summed E-state index contributed by atoms with van der Waals surface area (Å²) in [7, 11) is 0. The minimum Gasteiger partial charge on any atom is -0.393 e. The second-order valence-corrected chi connectivity index (χ2v) is 6.46. The Balaban J connectivity index is 2.12. The van der Waals surface area contributed by atoms with E-state index in [4.69, 9.17) is 0 Å². The van der Waals surface area contributed by atoms with Crippen molar-refractivity contribution in [1.29, 1.82) is 0 Å². The van der Waals surface area contributed by atoms with Gasteiger partial charge in [-0.2, -0.15) is 0 Å². The molecule has 0 aromatic carbocycles. The maximum Gasteiger partial charge on any atom is 0.223 e. The molecule has 0 bridgehead atoms. The Labute approximate surface area is 104 Å². The lowest BCUT2D eigenvalue weighted by Crippen LogP contribution is -2.50. The number of rotatable bonds is 2. The fraction of sp³-hybridized carbons (Fsp3) is 0.929. The van der Waals surface area contributed by atoms with Crippen LogP contribution in [0.25, 0.3) is 0 Å². The van der Waals surface area contributed by atoms with E-state index >= 15 is 0 Å². The lowest BCUT2D eigenvalue weighted by Gasteiger charge is -2.45. The summed E-state index contributed by atoms with van der Waals surface area (Å²) < 4.78 is 0. The Morgan fingerprint density at radius 1 is 1.47 bits per heavy atom. The molecule has 0 aromatic rings. The zero-order valence-electron chi connectivity index (χ0n) is 11.3. The Kier molecular flexibility index (Phi) is 3.48. The van der Waals surface area contributed by atoms with E-state index < -0.39 is 0 Å². The standard InChI is InChI=1S/C14H25NO2/c1-4-10-7-13(17)15(9-10)12-8-11(16)5-6-14(12,2)3/h10-12,16H,4-9H2,1-3H3. The first-order valence-corrected chi connectivity index (χ1v) is 6.91. The van der Waals surface area contributed by atoms with Crippen molar-refractivity contribution >= 4 is 5.91 Å². The van der Waals surface area contributed by atoms with Crippen molar-refractivity contribution in [3.8, 4) is 0 Å². The molecule has 1 N–H and O–H groups in total. The van der Waals surface area contributed by atoms with Crippen LogP contribution in [-0.4, -0.2) is 34.6 Å². The predicted molar refractivity (Wildman–Crippen MR) is 67.5 cm³/mol. The van der Waals surface area contributed by atoms with Crippen LogP contribution in [-0.2, 0) is 4.79 Å². The summed E-state index contributed by atoms with van der Waals surface area (Å²) in [5.74, 6) is 0.821. The van der Waals surface area contributed by atoms with Gasteiger partial charge in [-0.05, 0) is 30.6 Å². The van der Waals surface area contributed by atoms with Gasteiger partial charge in [-0.15, -0.1) is 0 Å². The number of carbonyl (C=O) groups excluding carboxylic acids is 1. The fourth-order valence-corrected chi connectivity index (χ4v) is 3.33. The quantitative estimate of drug-likeness (QED) is 0.802. The van der Waals surface area contributed by atoms with E-state index in [9.17, 15) is 9.90 Å². The Morgan fingerprint density at radius 2 is 2.18 bits per heavy atom. The molecule has 3 heteroatoms. The third-order valence-electron chi connectivity index (χ3n) is 4.71. The summed E-state index contributed by atoms with van der Waals surface area (Å²) in [6.07, 6.45) is 4.22. The normalized spacial score (nSPS) is 37.5. The minimum absolute atomic E-state index is 0.150. The Bertz CT molecular complexity index is 301. The first kappa shape index (κ1) is 12.9. The van der Waals surface area contributed by atoms with Gasteiger partial charge in [0.25, 0.3) is 0 Å². The maximum absolute atomic E-state index is 12.1. The number of hydrogen-bond acceptors (Lipinski definition) is 2. The van der Waals surface area contributed by atoms with E-state index in [0.29, 0.717) is 18.2 Å². The lowest BCUT2D eigenvalue weighted by atomic mass is 9.71. The van der Waals surface area contributed by atoms with Crippen molar-refractivity contribution in [3.63, 3.8) is 0 Å². The van der Waals surface area contributed by atoms with Crippen LogP contribution in [0.4, 0.5) is 0 Å². The summed E-state index contributed by atoms with van der Waals surface area (Å²) in [6.45, 7) is 7.52. The molecule has 0 radical (unpaired) electrons. The van der Waals surface area contributed by atoms with Crippen LogP contribution in [0.2, 0.25) is 0 Å². The van der Waals surface area contributed by atoms with Gasteiger partial charge in [0.1, 0.15) is 0 Å². The van der Waals surface area contributed by atoms with E-state index in [1.54, 1.807) is 0 Å². The molecule has 1 saturated carbocycles. The topological polar surface area (TPSA) is 40.5 Å². The Hall–Kier alpha value is -0.570. The highest BCUT2D eigenvalue weighted by atomic mass is 16.3. The van der Waals surface area contributed by atoms with Crippen LogP contribution in [0.3, 0.4) is 0 Å². The summed E-state index contributed by atoms with van der Waals surface area (Å²) in [5.41, 5.74) is 0.150. The molecule has 17 heavy (non-hydrogen) atoms. The highest BCUT2D eigenvalue weighted by Crippen LogP contribution is 2.41. The van der Waals surface area contributed by atoms with E-state index in [-0.39, 0.29) is 17.6 Å². The molecule has 1 saturated heterocycles. The van der Waals surface area contributed by atoms with Crippen LogP contribution in [0.1, 0.15) is 52.9 Å².